The Labute approximate surface area is 107 Å². The lowest BCUT2D eigenvalue weighted by Crippen LogP contribution is -2.07. The van der Waals surface area contributed by atoms with Crippen LogP contribution in [0.4, 0.5) is 17.2 Å². The average Bonchev–Trinajstić information content (AvgIpc) is 2.34. The number of pyridine rings is 1. The highest BCUT2D eigenvalue weighted by Gasteiger charge is 2.05. The maximum Gasteiger partial charge on any atom is 0.143 e. The highest BCUT2D eigenvalue weighted by Crippen LogP contribution is 2.27. The van der Waals surface area contributed by atoms with Crippen molar-refractivity contribution in [2.24, 2.45) is 0 Å². The van der Waals surface area contributed by atoms with Crippen LogP contribution in [0.1, 0.15) is 13.8 Å². The SMILES string of the molecule is CC(C)Oc1ccccc1Nc1ccc(N)cn1. The van der Waals surface area contributed by atoms with Gasteiger partial charge in [-0.2, -0.15) is 0 Å². The Morgan fingerprint density at radius 3 is 2.61 bits per heavy atom. The Morgan fingerprint density at radius 2 is 1.94 bits per heavy atom. The molecule has 0 saturated carbocycles. The maximum absolute atomic E-state index is 5.73. The molecule has 0 fully saturated rings. The first-order chi connectivity index (χ1) is 8.65. The maximum atomic E-state index is 5.73. The summed E-state index contributed by atoms with van der Waals surface area (Å²) < 4.78 is 5.73. The number of nitrogens with zero attached hydrogens (tertiary/aromatic N) is 1. The van der Waals surface area contributed by atoms with Crippen molar-refractivity contribution < 1.29 is 4.74 Å². The van der Waals surface area contributed by atoms with Crippen LogP contribution in [0.2, 0.25) is 0 Å². The first-order valence-corrected chi connectivity index (χ1v) is 5.89. The summed E-state index contributed by atoms with van der Waals surface area (Å²) >= 11 is 0. The zero-order valence-corrected chi connectivity index (χ0v) is 10.6. The average molecular weight is 243 g/mol. The van der Waals surface area contributed by atoms with E-state index in [1.807, 2.05) is 44.2 Å². The van der Waals surface area contributed by atoms with Crippen LogP contribution in [-0.2, 0) is 0 Å². The summed E-state index contributed by atoms with van der Waals surface area (Å²) in [4.78, 5) is 4.20. The van der Waals surface area contributed by atoms with Crippen molar-refractivity contribution in [3.05, 3.63) is 42.6 Å². The van der Waals surface area contributed by atoms with Gasteiger partial charge in [-0.25, -0.2) is 4.98 Å². The fourth-order valence-electron chi connectivity index (χ4n) is 1.54. The Balaban J connectivity index is 2.20. The van der Waals surface area contributed by atoms with Crippen LogP contribution in [0.5, 0.6) is 5.75 Å². The molecule has 3 N–H and O–H groups in total. The quantitative estimate of drug-likeness (QED) is 0.865. The zero-order valence-electron chi connectivity index (χ0n) is 10.6. The van der Waals surface area contributed by atoms with E-state index in [1.54, 1.807) is 12.3 Å². The van der Waals surface area contributed by atoms with E-state index in [2.05, 4.69) is 10.3 Å². The van der Waals surface area contributed by atoms with E-state index in [1.165, 1.54) is 0 Å². The van der Waals surface area contributed by atoms with Gasteiger partial charge in [0.05, 0.1) is 23.7 Å². The molecule has 0 radical (unpaired) electrons. The van der Waals surface area contributed by atoms with E-state index in [0.717, 1.165) is 17.3 Å². The predicted molar refractivity (Wildman–Crippen MR) is 74.1 cm³/mol. The first-order valence-electron chi connectivity index (χ1n) is 5.89. The fourth-order valence-corrected chi connectivity index (χ4v) is 1.54. The molecule has 0 atom stereocenters. The molecule has 94 valence electrons. The molecule has 0 amide bonds. The Hall–Kier alpha value is -2.23. The van der Waals surface area contributed by atoms with E-state index in [9.17, 15) is 0 Å². The van der Waals surface area contributed by atoms with Crippen LogP contribution in [0.25, 0.3) is 0 Å². The fraction of sp³-hybridized carbons (Fsp3) is 0.214. The molecule has 0 saturated heterocycles. The number of hydrogen-bond donors (Lipinski definition) is 2. The van der Waals surface area contributed by atoms with Gasteiger partial charge in [-0.1, -0.05) is 12.1 Å². The molecule has 4 heteroatoms. The second-order valence-corrected chi connectivity index (χ2v) is 4.26. The van der Waals surface area contributed by atoms with E-state index >= 15 is 0 Å². The molecule has 1 aromatic carbocycles. The van der Waals surface area contributed by atoms with Gasteiger partial charge in [0.15, 0.2) is 0 Å². The minimum Gasteiger partial charge on any atom is -0.489 e. The molecule has 18 heavy (non-hydrogen) atoms. The number of nitrogens with one attached hydrogen (secondary N) is 1. The summed E-state index contributed by atoms with van der Waals surface area (Å²) in [6.07, 6.45) is 1.75. The smallest absolute Gasteiger partial charge is 0.143 e. The van der Waals surface area contributed by atoms with Gasteiger partial charge < -0.3 is 15.8 Å². The van der Waals surface area contributed by atoms with Crippen molar-refractivity contribution in [1.29, 1.82) is 0 Å². The number of nitrogen functional groups attached to an aromatic ring is 1. The second kappa shape index (κ2) is 5.40. The van der Waals surface area contributed by atoms with E-state index in [4.69, 9.17) is 10.5 Å². The number of para-hydroxylation sites is 2. The van der Waals surface area contributed by atoms with Crippen molar-refractivity contribution >= 4 is 17.2 Å². The minimum absolute atomic E-state index is 0.132. The molecular weight excluding hydrogens is 226 g/mol. The third kappa shape index (κ3) is 3.13. The lowest BCUT2D eigenvalue weighted by molar-refractivity contribution is 0.244. The summed E-state index contributed by atoms with van der Waals surface area (Å²) in [5.41, 5.74) is 7.14. The van der Waals surface area contributed by atoms with Crippen molar-refractivity contribution in [3.63, 3.8) is 0 Å². The summed E-state index contributed by atoms with van der Waals surface area (Å²) in [6, 6.07) is 11.4. The number of nitrogens with two attached hydrogens (primary N) is 1. The first kappa shape index (κ1) is 12.2. The van der Waals surface area contributed by atoms with Gasteiger partial charge in [-0.15, -0.1) is 0 Å². The predicted octanol–water partition coefficient (Wildman–Crippen LogP) is 3.19. The summed E-state index contributed by atoms with van der Waals surface area (Å²) in [7, 11) is 0. The van der Waals surface area contributed by atoms with Crippen molar-refractivity contribution in [3.8, 4) is 5.75 Å². The summed E-state index contributed by atoms with van der Waals surface area (Å²) in [6.45, 7) is 4.00. The molecule has 0 bridgehead atoms. The van der Waals surface area contributed by atoms with Crippen molar-refractivity contribution in [2.45, 2.75) is 20.0 Å². The largest absolute Gasteiger partial charge is 0.489 e. The molecular formula is C14H17N3O. The highest BCUT2D eigenvalue weighted by molar-refractivity contribution is 5.64. The van der Waals surface area contributed by atoms with Crippen LogP contribution in [0, 0.1) is 0 Å². The number of rotatable bonds is 4. The van der Waals surface area contributed by atoms with Crippen LogP contribution in [0.15, 0.2) is 42.6 Å². The lowest BCUT2D eigenvalue weighted by Gasteiger charge is -2.15. The van der Waals surface area contributed by atoms with Gasteiger partial charge in [-0.3, -0.25) is 0 Å². The van der Waals surface area contributed by atoms with E-state index < -0.39 is 0 Å². The summed E-state index contributed by atoms with van der Waals surface area (Å²) in [5, 5.41) is 3.21. The van der Waals surface area contributed by atoms with Gasteiger partial charge in [-0.05, 0) is 38.1 Å². The van der Waals surface area contributed by atoms with Crippen molar-refractivity contribution in [2.75, 3.05) is 11.1 Å². The number of benzene rings is 1. The molecule has 4 nitrogen and oxygen atoms in total. The molecule has 1 aromatic heterocycles. The van der Waals surface area contributed by atoms with E-state index in [0.29, 0.717) is 5.69 Å². The molecule has 0 unspecified atom stereocenters. The van der Waals surface area contributed by atoms with Crippen LogP contribution >= 0.6 is 0 Å². The van der Waals surface area contributed by atoms with Crippen LogP contribution in [-0.4, -0.2) is 11.1 Å². The Bertz CT molecular complexity index is 509. The molecule has 2 aromatic rings. The third-order valence-electron chi connectivity index (χ3n) is 2.30. The Kier molecular flexibility index (Phi) is 3.67. The number of anilines is 3. The molecule has 0 spiro atoms. The zero-order chi connectivity index (χ0) is 13.0. The third-order valence-corrected chi connectivity index (χ3v) is 2.30. The monoisotopic (exact) mass is 243 g/mol. The molecule has 1 heterocycles. The van der Waals surface area contributed by atoms with Crippen LogP contribution in [0.3, 0.4) is 0 Å². The lowest BCUT2D eigenvalue weighted by atomic mass is 10.3. The van der Waals surface area contributed by atoms with Gasteiger partial charge in [0.1, 0.15) is 11.6 Å². The van der Waals surface area contributed by atoms with Gasteiger partial charge in [0.2, 0.25) is 0 Å². The molecule has 0 aliphatic carbocycles. The minimum atomic E-state index is 0.132. The van der Waals surface area contributed by atoms with E-state index in [-0.39, 0.29) is 6.10 Å². The number of aromatic nitrogens is 1. The van der Waals surface area contributed by atoms with Gasteiger partial charge >= 0.3 is 0 Å². The second-order valence-electron chi connectivity index (χ2n) is 4.26. The van der Waals surface area contributed by atoms with Gasteiger partial charge in [0.25, 0.3) is 0 Å². The highest BCUT2D eigenvalue weighted by atomic mass is 16.5. The molecule has 2 rings (SSSR count). The molecule has 0 aliphatic heterocycles. The normalized spacial score (nSPS) is 10.4. The molecule has 0 aliphatic rings. The topological polar surface area (TPSA) is 60.2 Å². The van der Waals surface area contributed by atoms with Crippen molar-refractivity contribution in [1.82, 2.24) is 4.98 Å². The Morgan fingerprint density at radius 1 is 1.17 bits per heavy atom. The number of ether oxygens (including phenoxy) is 1. The van der Waals surface area contributed by atoms with Gasteiger partial charge in [0, 0.05) is 0 Å². The number of hydrogen-bond acceptors (Lipinski definition) is 4. The standard InChI is InChI=1S/C14H17N3O/c1-10(2)18-13-6-4-3-5-12(13)17-14-8-7-11(15)9-16-14/h3-10H,15H2,1-2H3,(H,16,17). The summed E-state index contributed by atoms with van der Waals surface area (Å²) in [5.74, 6) is 1.55. The van der Waals surface area contributed by atoms with Crippen LogP contribution < -0.4 is 15.8 Å².